The standard InChI is InChI=1S/C23H28N6O2/c1-16(13-28-15-24-14-27-28)23(31)29-11-3-4-21(29)22(30)26-12-18-5-7-19(8-6-18)20-9-10-25-17(20)2/h5-8,10,14-16,21H,3-4,9,11-13H2,1-2H3,(H,26,30). The van der Waals surface area contributed by atoms with E-state index >= 15 is 0 Å². The normalized spacial score (nSPS) is 19.2. The molecule has 31 heavy (non-hydrogen) atoms. The first-order valence-corrected chi connectivity index (χ1v) is 10.7. The summed E-state index contributed by atoms with van der Waals surface area (Å²) < 4.78 is 1.65. The molecule has 1 N–H and O–H groups in total. The van der Waals surface area contributed by atoms with Crippen LogP contribution in [0.3, 0.4) is 0 Å². The lowest BCUT2D eigenvalue weighted by Gasteiger charge is -2.26. The molecule has 0 saturated carbocycles. The summed E-state index contributed by atoms with van der Waals surface area (Å²) in [5.41, 5.74) is 4.50. The molecule has 1 saturated heterocycles. The van der Waals surface area contributed by atoms with Crippen LogP contribution in [-0.2, 0) is 22.7 Å². The van der Waals surface area contributed by atoms with E-state index in [1.54, 1.807) is 15.9 Å². The van der Waals surface area contributed by atoms with Crippen LogP contribution in [0.15, 0.2) is 47.6 Å². The molecule has 3 heterocycles. The van der Waals surface area contributed by atoms with E-state index < -0.39 is 6.04 Å². The van der Waals surface area contributed by atoms with E-state index in [0.717, 1.165) is 24.1 Å². The molecular formula is C23H28N6O2. The lowest BCUT2D eigenvalue weighted by Crippen LogP contribution is -2.47. The third-order valence-corrected chi connectivity index (χ3v) is 5.97. The van der Waals surface area contributed by atoms with Crippen molar-refractivity contribution in [1.29, 1.82) is 0 Å². The Balaban J connectivity index is 1.32. The number of aliphatic imine (C=N–C) groups is 1. The maximum Gasteiger partial charge on any atom is 0.243 e. The zero-order valence-corrected chi connectivity index (χ0v) is 18.0. The number of rotatable bonds is 7. The Morgan fingerprint density at radius 2 is 2.06 bits per heavy atom. The SMILES string of the molecule is CC1=C(c2ccc(CNC(=O)C3CCCN3C(=O)C(C)Cn3cncn3)cc2)CC=N1. The number of hydrogen-bond donors (Lipinski definition) is 1. The van der Waals surface area contributed by atoms with E-state index in [2.05, 4.69) is 32.5 Å². The predicted octanol–water partition coefficient (Wildman–Crippen LogP) is 2.43. The second kappa shape index (κ2) is 9.24. The monoisotopic (exact) mass is 420 g/mol. The maximum absolute atomic E-state index is 12.9. The van der Waals surface area contributed by atoms with E-state index in [1.807, 2.05) is 32.2 Å². The highest BCUT2D eigenvalue weighted by Gasteiger charge is 2.35. The zero-order chi connectivity index (χ0) is 21.8. The minimum atomic E-state index is -0.409. The Hall–Kier alpha value is -3.29. The van der Waals surface area contributed by atoms with Crippen molar-refractivity contribution in [1.82, 2.24) is 25.0 Å². The summed E-state index contributed by atoms with van der Waals surface area (Å²) in [5, 5.41) is 7.07. The van der Waals surface area contributed by atoms with Gasteiger partial charge >= 0.3 is 0 Å². The van der Waals surface area contributed by atoms with E-state index in [0.29, 0.717) is 26.1 Å². The van der Waals surface area contributed by atoms with Crippen LogP contribution in [0.2, 0.25) is 0 Å². The molecule has 2 unspecified atom stereocenters. The van der Waals surface area contributed by atoms with Gasteiger partial charge in [-0.2, -0.15) is 5.10 Å². The van der Waals surface area contributed by atoms with Crippen LogP contribution in [-0.4, -0.2) is 50.3 Å². The molecule has 0 aliphatic carbocycles. The summed E-state index contributed by atoms with van der Waals surface area (Å²) in [6.45, 7) is 5.40. The van der Waals surface area contributed by atoms with Gasteiger partial charge in [0.15, 0.2) is 0 Å². The number of aromatic nitrogens is 3. The Labute approximate surface area is 182 Å². The number of nitrogens with one attached hydrogen (secondary N) is 1. The second-order valence-electron chi connectivity index (χ2n) is 8.20. The Bertz CT molecular complexity index is 994. The molecular weight excluding hydrogens is 392 g/mol. The van der Waals surface area contributed by atoms with Gasteiger partial charge in [0.05, 0.1) is 12.5 Å². The van der Waals surface area contributed by atoms with Gasteiger partial charge in [-0.1, -0.05) is 31.2 Å². The van der Waals surface area contributed by atoms with Crippen molar-refractivity contribution in [3.63, 3.8) is 0 Å². The first-order valence-electron chi connectivity index (χ1n) is 10.7. The van der Waals surface area contributed by atoms with Crippen LogP contribution >= 0.6 is 0 Å². The highest BCUT2D eigenvalue weighted by atomic mass is 16.2. The van der Waals surface area contributed by atoms with Crippen LogP contribution in [0.25, 0.3) is 5.57 Å². The quantitative estimate of drug-likeness (QED) is 0.745. The number of carbonyl (C=O) groups is 2. The molecule has 0 bridgehead atoms. The van der Waals surface area contributed by atoms with Crippen LogP contribution < -0.4 is 5.32 Å². The van der Waals surface area contributed by atoms with Gasteiger partial charge in [-0.05, 0) is 36.5 Å². The fraction of sp³-hybridized carbons (Fsp3) is 0.435. The van der Waals surface area contributed by atoms with Gasteiger partial charge in [0.2, 0.25) is 11.8 Å². The number of carbonyl (C=O) groups excluding carboxylic acids is 2. The van der Waals surface area contributed by atoms with Crippen molar-refractivity contribution >= 4 is 23.6 Å². The fourth-order valence-corrected chi connectivity index (χ4v) is 4.23. The lowest BCUT2D eigenvalue weighted by molar-refractivity contribution is -0.141. The van der Waals surface area contributed by atoms with E-state index in [4.69, 9.17) is 0 Å². The van der Waals surface area contributed by atoms with E-state index in [-0.39, 0.29) is 17.7 Å². The second-order valence-corrected chi connectivity index (χ2v) is 8.20. The largest absolute Gasteiger partial charge is 0.350 e. The maximum atomic E-state index is 12.9. The minimum absolute atomic E-state index is 0.0140. The molecule has 1 aromatic heterocycles. The summed E-state index contributed by atoms with van der Waals surface area (Å²) in [6, 6.07) is 7.81. The van der Waals surface area contributed by atoms with Crippen molar-refractivity contribution in [2.75, 3.05) is 6.54 Å². The van der Waals surface area contributed by atoms with Gasteiger partial charge < -0.3 is 10.2 Å². The van der Waals surface area contributed by atoms with Crippen LogP contribution in [0.1, 0.15) is 44.2 Å². The summed E-state index contributed by atoms with van der Waals surface area (Å²) in [6.07, 6.45) is 7.38. The summed E-state index contributed by atoms with van der Waals surface area (Å²) in [7, 11) is 0. The highest BCUT2D eigenvalue weighted by Crippen LogP contribution is 2.26. The van der Waals surface area contributed by atoms with Crippen molar-refractivity contribution in [3.8, 4) is 0 Å². The molecule has 1 fully saturated rings. The van der Waals surface area contributed by atoms with Crippen molar-refractivity contribution in [3.05, 3.63) is 53.7 Å². The number of amides is 2. The topological polar surface area (TPSA) is 92.5 Å². The zero-order valence-electron chi connectivity index (χ0n) is 18.0. The average molecular weight is 421 g/mol. The van der Waals surface area contributed by atoms with Gasteiger partial charge in [0.25, 0.3) is 0 Å². The average Bonchev–Trinajstić information content (AvgIpc) is 3.54. The van der Waals surface area contributed by atoms with Gasteiger partial charge in [-0.3, -0.25) is 19.3 Å². The molecule has 2 aromatic rings. The number of hydrogen-bond acceptors (Lipinski definition) is 5. The number of allylic oxidation sites excluding steroid dienone is 2. The molecule has 8 heteroatoms. The first-order chi connectivity index (χ1) is 15.0. The molecule has 8 nitrogen and oxygen atoms in total. The van der Waals surface area contributed by atoms with Crippen LogP contribution in [0.4, 0.5) is 0 Å². The van der Waals surface area contributed by atoms with Gasteiger partial charge in [-0.25, -0.2) is 4.98 Å². The van der Waals surface area contributed by atoms with Gasteiger partial charge in [-0.15, -0.1) is 0 Å². The predicted molar refractivity (Wildman–Crippen MR) is 118 cm³/mol. The molecule has 0 spiro atoms. The minimum Gasteiger partial charge on any atom is -0.350 e. The summed E-state index contributed by atoms with van der Waals surface area (Å²) >= 11 is 0. The molecule has 0 radical (unpaired) electrons. The molecule has 4 rings (SSSR count). The third kappa shape index (κ3) is 4.73. The molecule has 162 valence electrons. The number of likely N-dealkylation sites (tertiary alicyclic amines) is 1. The first kappa shape index (κ1) is 21.0. The Morgan fingerprint density at radius 3 is 2.74 bits per heavy atom. The van der Waals surface area contributed by atoms with E-state index in [9.17, 15) is 9.59 Å². The third-order valence-electron chi connectivity index (χ3n) is 5.97. The smallest absolute Gasteiger partial charge is 0.243 e. The summed E-state index contributed by atoms with van der Waals surface area (Å²) in [5.74, 6) is -0.370. The number of benzene rings is 1. The molecule has 2 aliphatic heterocycles. The molecule has 1 aromatic carbocycles. The number of nitrogens with zero attached hydrogens (tertiary/aromatic N) is 5. The van der Waals surface area contributed by atoms with E-state index in [1.165, 1.54) is 17.5 Å². The molecule has 2 atom stereocenters. The van der Waals surface area contributed by atoms with Crippen LogP contribution in [0, 0.1) is 5.92 Å². The highest BCUT2D eigenvalue weighted by molar-refractivity contribution is 5.89. The molecule has 2 amide bonds. The van der Waals surface area contributed by atoms with Gasteiger partial charge in [0.1, 0.15) is 18.7 Å². The Morgan fingerprint density at radius 1 is 1.26 bits per heavy atom. The molecule has 2 aliphatic rings. The van der Waals surface area contributed by atoms with Crippen molar-refractivity contribution in [2.24, 2.45) is 10.9 Å². The van der Waals surface area contributed by atoms with Crippen molar-refractivity contribution < 1.29 is 9.59 Å². The van der Waals surface area contributed by atoms with Gasteiger partial charge in [0, 0.05) is 31.4 Å². The fourth-order valence-electron chi connectivity index (χ4n) is 4.23. The summed E-state index contributed by atoms with van der Waals surface area (Å²) in [4.78, 5) is 35.7. The lowest BCUT2D eigenvalue weighted by atomic mass is 10.0. The van der Waals surface area contributed by atoms with Crippen LogP contribution in [0.5, 0.6) is 0 Å². The van der Waals surface area contributed by atoms with Crippen molar-refractivity contribution in [2.45, 2.75) is 52.2 Å². The Kier molecular flexibility index (Phi) is 6.25.